The number of amides is 1. The number of rotatable bonds is 14. The van der Waals surface area contributed by atoms with E-state index in [-0.39, 0.29) is 29.8 Å². The molecule has 11 nitrogen and oxygen atoms in total. The van der Waals surface area contributed by atoms with Gasteiger partial charge in [0.1, 0.15) is 11.4 Å². The Kier molecular flexibility index (Phi) is 12.6. The molecule has 282 valence electrons. The molecular formula is C42H55N7O4. The number of esters is 1. The fourth-order valence-electron chi connectivity index (χ4n) is 6.99. The lowest BCUT2D eigenvalue weighted by atomic mass is 10.0. The highest BCUT2D eigenvalue weighted by atomic mass is 16.6. The molecule has 0 unspecified atom stereocenters. The van der Waals surface area contributed by atoms with Crippen molar-refractivity contribution in [3.63, 3.8) is 0 Å². The number of pyridine rings is 1. The summed E-state index contributed by atoms with van der Waals surface area (Å²) in [4.78, 5) is 34.7. The first-order valence-corrected chi connectivity index (χ1v) is 19.0. The van der Waals surface area contributed by atoms with E-state index in [0.29, 0.717) is 31.6 Å². The summed E-state index contributed by atoms with van der Waals surface area (Å²) in [6.45, 7) is 12.2. The molecule has 1 saturated heterocycles. The normalized spacial score (nSPS) is 18.3. The number of nitrogen functional groups attached to an aromatic ring is 1. The molecule has 1 amide bonds. The quantitative estimate of drug-likeness (QED) is 0.114. The second-order valence-corrected chi connectivity index (χ2v) is 15.5. The number of carbonyl (C=O) groups excluding carboxylic acids is 2. The summed E-state index contributed by atoms with van der Waals surface area (Å²) < 4.78 is 13.6. The van der Waals surface area contributed by atoms with E-state index in [9.17, 15) is 9.59 Å². The van der Waals surface area contributed by atoms with Crippen LogP contribution >= 0.6 is 0 Å². The second-order valence-electron chi connectivity index (χ2n) is 15.5. The first-order valence-electron chi connectivity index (χ1n) is 19.0. The number of nitrogens with two attached hydrogens (primary N) is 1. The van der Waals surface area contributed by atoms with Crippen molar-refractivity contribution in [2.75, 3.05) is 39.0 Å². The number of aromatic nitrogens is 3. The van der Waals surface area contributed by atoms with Crippen LogP contribution in [-0.2, 0) is 34.0 Å². The van der Waals surface area contributed by atoms with Gasteiger partial charge < -0.3 is 25.4 Å². The maximum Gasteiger partial charge on any atom is 0.306 e. The average Bonchev–Trinajstić information content (AvgIpc) is 3.80. The second kappa shape index (κ2) is 17.5. The first-order chi connectivity index (χ1) is 25.5. The Balaban J connectivity index is 0.974. The maximum absolute atomic E-state index is 13.5. The lowest BCUT2D eigenvalue weighted by Crippen LogP contribution is -2.43. The molecule has 0 bridgehead atoms. The summed E-state index contributed by atoms with van der Waals surface area (Å²) in [5.41, 5.74) is 12.5. The van der Waals surface area contributed by atoms with Crippen molar-refractivity contribution in [3.05, 3.63) is 89.9 Å². The van der Waals surface area contributed by atoms with Gasteiger partial charge in [0.05, 0.1) is 30.5 Å². The van der Waals surface area contributed by atoms with Crippen LogP contribution in [0.25, 0.3) is 22.3 Å². The summed E-state index contributed by atoms with van der Waals surface area (Å²) in [5.74, 6) is -0.265. The minimum absolute atomic E-state index is 0.0857. The van der Waals surface area contributed by atoms with Crippen molar-refractivity contribution in [2.45, 2.75) is 96.7 Å². The summed E-state index contributed by atoms with van der Waals surface area (Å²) in [5, 5.41) is 7.65. The molecule has 3 N–H and O–H groups in total. The lowest BCUT2D eigenvalue weighted by Gasteiger charge is -2.32. The molecule has 1 saturated carbocycles. The van der Waals surface area contributed by atoms with Gasteiger partial charge in [0, 0.05) is 69.2 Å². The number of hydrogen-bond donors (Lipinski definition) is 2. The van der Waals surface area contributed by atoms with Gasteiger partial charge in [-0.25, -0.2) is 4.98 Å². The third-order valence-electron chi connectivity index (χ3n) is 10.0. The van der Waals surface area contributed by atoms with E-state index >= 15 is 0 Å². The minimum atomic E-state index is -0.475. The van der Waals surface area contributed by atoms with Crippen molar-refractivity contribution in [3.8, 4) is 22.3 Å². The topological polar surface area (TPSA) is 128 Å². The smallest absolute Gasteiger partial charge is 0.306 e. The number of hydrogen-bond acceptors (Lipinski definition) is 9. The van der Waals surface area contributed by atoms with Gasteiger partial charge in [0.15, 0.2) is 0 Å². The Bertz CT molecular complexity index is 1810. The van der Waals surface area contributed by atoms with Crippen LogP contribution < -0.4 is 11.1 Å². The van der Waals surface area contributed by atoms with Crippen LogP contribution in [0, 0.1) is 0 Å². The molecule has 6 rings (SSSR count). The van der Waals surface area contributed by atoms with Crippen molar-refractivity contribution < 1.29 is 19.1 Å². The van der Waals surface area contributed by atoms with E-state index in [0.717, 1.165) is 75.1 Å². The predicted molar refractivity (Wildman–Crippen MR) is 208 cm³/mol. The van der Waals surface area contributed by atoms with Gasteiger partial charge >= 0.3 is 5.97 Å². The van der Waals surface area contributed by atoms with E-state index in [1.54, 1.807) is 18.5 Å². The third kappa shape index (κ3) is 11.0. The van der Waals surface area contributed by atoms with Crippen molar-refractivity contribution >= 4 is 17.7 Å². The van der Waals surface area contributed by atoms with Gasteiger partial charge in [-0.3, -0.25) is 19.2 Å². The van der Waals surface area contributed by atoms with Crippen LogP contribution in [-0.4, -0.2) is 87.4 Å². The standard InChI is InChI=1S/C42H55N7O4/c1-42(2,3)53-39(50)10-5-6-19-49-28-35(26-45-49)34-24-36(40(43)44-25-34)41(51)46-37-8-7-9-38(37)52-29-31-13-17-33(18-14-31)32-15-11-30(12-16-32)27-48-22-20-47(4)21-23-48/h11-18,24-26,28,37-38H,5-10,19-23,27,29H2,1-4H3,(H2,43,44)(H,46,51)/t37-,38-/m0/s1. The number of aryl methyl sites for hydroxylation is 1. The van der Waals surface area contributed by atoms with Gasteiger partial charge in [-0.15, -0.1) is 0 Å². The molecule has 2 aliphatic rings. The zero-order valence-electron chi connectivity index (χ0n) is 31.7. The number of benzene rings is 2. The molecule has 2 atom stereocenters. The molecule has 53 heavy (non-hydrogen) atoms. The van der Waals surface area contributed by atoms with E-state index in [4.69, 9.17) is 15.2 Å². The molecule has 3 heterocycles. The van der Waals surface area contributed by atoms with Gasteiger partial charge in [0.25, 0.3) is 5.91 Å². The van der Waals surface area contributed by atoms with Crippen molar-refractivity contribution in [1.29, 1.82) is 0 Å². The Morgan fingerprint density at radius 2 is 1.58 bits per heavy atom. The summed E-state index contributed by atoms with van der Waals surface area (Å²) in [6.07, 6.45) is 9.82. The van der Waals surface area contributed by atoms with Crippen LogP contribution in [0.5, 0.6) is 0 Å². The maximum atomic E-state index is 13.5. The average molecular weight is 722 g/mol. The molecule has 0 spiro atoms. The third-order valence-corrected chi connectivity index (χ3v) is 10.0. The molecule has 2 fully saturated rings. The van der Waals surface area contributed by atoms with E-state index in [1.165, 1.54) is 16.7 Å². The van der Waals surface area contributed by atoms with Crippen LogP contribution in [0.4, 0.5) is 5.82 Å². The monoisotopic (exact) mass is 721 g/mol. The molecule has 0 radical (unpaired) electrons. The highest BCUT2D eigenvalue weighted by Gasteiger charge is 2.30. The molecule has 1 aliphatic heterocycles. The van der Waals surface area contributed by atoms with Crippen LogP contribution in [0.1, 0.15) is 80.8 Å². The van der Waals surface area contributed by atoms with Crippen LogP contribution in [0.3, 0.4) is 0 Å². The predicted octanol–water partition coefficient (Wildman–Crippen LogP) is 6.32. The fourth-order valence-corrected chi connectivity index (χ4v) is 6.99. The molecule has 2 aromatic heterocycles. The number of carbonyl (C=O) groups is 2. The SMILES string of the molecule is CN1CCN(Cc2ccc(-c3ccc(CO[C@H]4CCC[C@@H]4NC(=O)c4cc(-c5cnn(CCCCC(=O)OC(C)(C)C)c5)cnc4N)cc3)cc2)CC1. The highest BCUT2D eigenvalue weighted by Crippen LogP contribution is 2.27. The van der Waals surface area contributed by atoms with Gasteiger partial charge in [-0.2, -0.15) is 5.10 Å². The largest absolute Gasteiger partial charge is 0.460 e. The van der Waals surface area contributed by atoms with Crippen molar-refractivity contribution in [2.24, 2.45) is 0 Å². The van der Waals surface area contributed by atoms with Crippen molar-refractivity contribution in [1.82, 2.24) is 29.9 Å². The number of nitrogens with zero attached hydrogens (tertiary/aromatic N) is 5. The minimum Gasteiger partial charge on any atom is -0.460 e. The Labute approximate surface area is 313 Å². The number of unbranched alkanes of at least 4 members (excludes halogenated alkanes) is 1. The molecular weight excluding hydrogens is 667 g/mol. The number of ether oxygens (including phenoxy) is 2. The fraction of sp³-hybridized carbons (Fsp3) is 0.476. The first kappa shape index (κ1) is 38.2. The van der Waals surface area contributed by atoms with Crippen LogP contribution in [0.2, 0.25) is 0 Å². The van der Waals surface area contributed by atoms with E-state index < -0.39 is 5.60 Å². The lowest BCUT2D eigenvalue weighted by molar-refractivity contribution is -0.154. The molecule has 1 aliphatic carbocycles. The Morgan fingerprint density at radius 1 is 0.887 bits per heavy atom. The van der Waals surface area contributed by atoms with E-state index in [2.05, 4.69) is 80.8 Å². The number of likely N-dealkylation sites (N-methyl/N-ethyl adjacent to an activating group) is 1. The number of anilines is 1. The molecule has 11 heteroatoms. The van der Waals surface area contributed by atoms with Crippen LogP contribution in [0.15, 0.2) is 73.2 Å². The summed E-state index contributed by atoms with van der Waals surface area (Å²) in [6, 6.07) is 19.1. The van der Waals surface area contributed by atoms with Gasteiger partial charge in [0.2, 0.25) is 0 Å². The Hall–Kier alpha value is -4.58. The summed E-state index contributed by atoms with van der Waals surface area (Å²) in [7, 11) is 2.19. The highest BCUT2D eigenvalue weighted by molar-refractivity contribution is 5.99. The zero-order chi connectivity index (χ0) is 37.4. The molecule has 2 aromatic carbocycles. The zero-order valence-corrected chi connectivity index (χ0v) is 31.7. The van der Waals surface area contributed by atoms with E-state index in [1.807, 2.05) is 31.6 Å². The van der Waals surface area contributed by atoms with Gasteiger partial charge in [-0.05, 0) is 88.2 Å². The number of nitrogens with one attached hydrogen (secondary N) is 1. The molecule has 4 aromatic rings. The Morgan fingerprint density at radius 3 is 2.28 bits per heavy atom. The number of piperazine rings is 1. The summed E-state index contributed by atoms with van der Waals surface area (Å²) >= 11 is 0. The van der Waals surface area contributed by atoms with Gasteiger partial charge in [-0.1, -0.05) is 48.5 Å².